The highest BCUT2D eigenvalue weighted by molar-refractivity contribution is 7.99. The van der Waals surface area contributed by atoms with E-state index in [1.807, 2.05) is 34.9 Å². The maximum atomic E-state index is 9.26. The normalized spacial score (nSPS) is 10.9. The summed E-state index contributed by atoms with van der Waals surface area (Å²) in [7, 11) is 0. The summed E-state index contributed by atoms with van der Waals surface area (Å²) in [5, 5.41) is 18.9. The van der Waals surface area contributed by atoms with Gasteiger partial charge in [-0.2, -0.15) is 0 Å². The quantitative estimate of drug-likeness (QED) is 0.775. The molecule has 0 atom stereocenters. The van der Waals surface area contributed by atoms with Gasteiger partial charge in [-0.1, -0.05) is 12.1 Å². The molecule has 3 heterocycles. The van der Waals surface area contributed by atoms with Gasteiger partial charge >= 0.3 is 0 Å². The summed E-state index contributed by atoms with van der Waals surface area (Å²) in [5.74, 6) is 0. The smallest absolute Gasteiger partial charge is 0.201 e. The maximum Gasteiger partial charge on any atom is 0.201 e. The molecule has 1 N–H and O–H groups in total. The molecule has 0 amide bonds. The minimum atomic E-state index is -0.0348. The number of nitrogens with zero attached hydrogens (tertiary/aromatic N) is 4. The van der Waals surface area contributed by atoms with Crippen molar-refractivity contribution in [3.05, 3.63) is 48.3 Å². The fourth-order valence-electron chi connectivity index (χ4n) is 1.61. The number of rotatable bonds is 3. The predicted molar refractivity (Wildman–Crippen MR) is 67.3 cm³/mol. The Kier molecular flexibility index (Phi) is 2.95. The van der Waals surface area contributed by atoms with Crippen LogP contribution in [0.5, 0.6) is 0 Å². The molecule has 0 unspecified atom stereocenters. The van der Waals surface area contributed by atoms with Gasteiger partial charge in [-0.25, -0.2) is 4.98 Å². The summed E-state index contributed by atoms with van der Waals surface area (Å²) in [5.41, 5.74) is 1.58. The lowest BCUT2D eigenvalue weighted by atomic mass is 10.3. The molecule has 0 aliphatic carbocycles. The van der Waals surface area contributed by atoms with Crippen molar-refractivity contribution in [3.8, 4) is 0 Å². The van der Waals surface area contributed by atoms with Crippen LogP contribution in [0.1, 0.15) is 5.56 Å². The van der Waals surface area contributed by atoms with Gasteiger partial charge in [-0.15, -0.1) is 10.2 Å². The fraction of sp³-hybridized carbons (Fsp3) is 0.0833. The highest BCUT2D eigenvalue weighted by Gasteiger charge is 2.10. The first-order valence-corrected chi connectivity index (χ1v) is 6.22. The molecule has 0 aromatic carbocycles. The number of hydrogen-bond acceptors (Lipinski definition) is 5. The zero-order valence-corrected chi connectivity index (χ0v) is 10.2. The second-order valence-electron chi connectivity index (χ2n) is 3.64. The van der Waals surface area contributed by atoms with Gasteiger partial charge in [0.15, 0.2) is 5.65 Å². The predicted octanol–water partition coefficient (Wildman–Crippen LogP) is 1.77. The third-order valence-electron chi connectivity index (χ3n) is 2.49. The third kappa shape index (κ3) is 1.96. The Morgan fingerprint density at radius 2 is 2.11 bits per heavy atom. The van der Waals surface area contributed by atoms with Gasteiger partial charge in [0.25, 0.3) is 0 Å². The number of fused-ring (bicyclic) bond motifs is 1. The first-order valence-electron chi connectivity index (χ1n) is 5.41. The van der Waals surface area contributed by atoms with Crippen molar-refractivity contribution in [2.75, 3.05) is 0 Å². The number of aliphatic hydroxyl groups excluding tert-OH is 1. The van der Waals surface area contributed by atoms with Crippen LogP contribution in [0.4, 0.5) is 0 Å². The molecule has 0 spiro atoms. The van der Waals surface area contributed by atoms with Crippen molar-refractivity contribution >= 4 is 17.4 Å². The van der Waals surface area contributed by atoms with Gasteiger partial charge in [-0.05, 0) is 30.0 Å². The molecule has 90 valence electrons. The zero-order valence-electron chi connectivity index (χ0n) is 9.39. The molecule has 0 aliphatic heterocycles. The van der Waals surface area contributed by atoms with Crippen molar-refractivity contribution in [1.82, 2.24) is 19.6 Å². The summed E-state index contributed by atoms with van der Waals surface area (Å²) in [6.07, 6.45) is 3.60. The highest BCUT2D eigenvalue weighted by Crippen LogP contribution is 2.27. The van der Waals surface area contributed by atoms with Crippen LogP contribution in [0.3, 0.4) is 0 Å². The topological polar surface area (TPSA) is 63.3 Å². The van der Waals surface area contributed by atoms with E-state index in [1.165, 1.54) is 11.8 Å². The summed E-state index contributed by atoms with van der Waals surface area (Å²) in [6.45, 7) is -0.0348. The van der Waals surface area contributed by atoms with Gasteiger partial charge < -0.3 is 5.11 Å². The SMILES string of the molecule is OCc1cccnc1Sc1nnc2ccccn12. The Morgan fingerprint density at radius 3 is 3.00 bits per heavy atom. The van der Waals surface area contributed by atoms with Gasteiger partial charge in [-0.3, -0.25) is 4.40 Å². The summed E-state index contributed by atoms with van der Waals surface area (Å²) in [4.78, 5) is 4.25. The molecular weight excluding hydrogens is 248 g/mol. The molecule has 0 bridgehead atoms. The first-order chi connectivity index (χ1) is 8.88. The largest absolute Gasteiger partial charge is 0.392 e. The van der Waals surface area contributed by atoms with Crippen molar-refractivity contribution in [2.24, 2.45) is 0 Å². The van der Waals surface area contributed by atoms with Crippen molar-refractivity contribution in [2.45, 2.75) is 16.8 Å². The third-order valence-corrected chi connectivity index (χ3v) is 3.51. The number of hydrogen-bond donors (Lipinski definition) is 1. The van der Waals surface area contributed by atoms with Crippen molar-refractivity contribution < 1.29 is 5.11 Å². The van der Waals surface area contributed by atoms with Crippen molar-refractivity contribution in [3.63, 3.8) is 0 Å². The zero-order chi connectivity index (χ0) is 12.4. The minimum absolute atomic E-state index is 0.0348. The molecule has 3 rings (SSSR count). The van der Waals surface area contributed by atoms with Gasteiger partial charge in [0.2, 0.25) is 5.16 Å². The van der Waals surface area contributed by atoms with E-state index in [4.69, 9.17) is 0 Å². The number of aromatic nitrogens is 4. The Labute approximate surface area is 108 Å². The molecule has 3 aromatic heterocycles. The maximum absolute atomic E-state index is 9.26. The van der Waals surface area contributed by atoms with Crippen LogP contribution in [0.15, 0.2) is 52.9 Å². The fourth-order valence-corrected chi connectivity index (χ4v) is 2.50. The lowest BCUT2D eigenvalue weighted by Crippen LogP contribution is -1.92. The average Bonchev–Trinajstić information content (AvgIpc) is 2.83. The van der Waals surface area contributed by atoms with E-state index in [2.05, 4.69) is 15.2 Å². The minimum Gasteiger partial charge on any atom is -0.392 e. The summed E-state index contributed by atoms with van der Waals surface area (Å²) >= 11 is 1.39. The van der Waals surface area contributed by atoms with E-state index in [9.17, 15) is 5.11 Å². The average molecular weight is 258 g/mol. The number of aliphatic hydroxyl groups is 1. The summed E-state index contributed by atoms with van der Waals surface area (Å²) < 4.78 is 1.89. The highest BCUT2D eigenvalue weighted by atomic mass is 32.2. The number of pyridine rings is 2. The molecule has 5 nitrogen and oxygen atoms in total. The lowest BCUT2D eigenvalue weighted by molar-refractivity contribution is 0.278. The van der Waals surface area contributed by atoms with Crippen LogP contribution < -0.4 is 0 Å². The summed E-state index contributed by atoms with van der Waals surface area (Å²) in [6, 6.07) is 9.38. The standard InChI is InChI=1S/C12H10N4OS/c17-8-9-4-3-6-13-11(9)18-12-15-14-10-5-1-2-7-16(10)12/h1-7,17H,8H2. The van der Waals surface area contributed by atoms with Crippen LogP contribution in [-0.4, -0.2) is 24.7 Å². The molecule has 0 saturated carbocycles. The van der Waals surface area contributed by atoms with E-state index in [0.717, 1.165) is 21.4 Å². The Morgan fingerprint density at radius 1 is 1.17 bits per heavy atom. The van der Waals surface area contributed by atoms with Gasteiger partial charge in [0.1, 0.15) is 5.03 Å². The van der Waals surface area contributed by atoms with Crippen LogP contribution >= 0.6 is 11.8 Å². The van der Waals surface area contributed by atoms with E-state index >= 15 is 0 Å². The molecule has 6 heteroatoms. The molecule has 0 radical (unpaired) electrons. The van der Waals surface area contributed by atoms with Gasteiger partial charge in [0, 0.05) is 18.0 Å². The molecule has 0 fully saturated rings. The van der Waals surface area contributed by atoms with E-state index in [0.29, 0.717) is 0 Å². The second kappa shape index (κ2) is 4.75. The Balaban J connectivity index is 2.01. The van der Waals surface area contributed by atoms with Gasteiger partial charge in [0.05, 0.1) is 6.61 Å². The second-order valence-corrected chi connectivity index (χ2v) is 4.60. The molecule has 0 aliphatic rings. The lowest BCUT2D eigenvalue weighted by Gasteiger charge is -2.03. The van der Waals surface area contributed by atoms with E-state index in [1.54, 1.807) is 12.3 Å². The van der Waals surface area contributed by atoms with Crippen LogP contribution in [-0.2, 0) is 6.61 Å². The van der Waals surface area contributed by atoms with E-state index < -0.39 is 0 Å². The van der Waals surface area contributed by atoms with Crippen LogP contribution in [0.25, 0.3) is 5.65 Å². The Bertz CT molecular complexity index is 682. The molecule has 0 saturated heterocycles. The van der Waals surface area contributed by atoms with E-state index in [-0.39, 0.29) is 6.61 Å². The Hall–Kier alpha value is -1.92. The monoisotopic (exact) mass is 258 g/mol. The molecule has 18 heavy (non-hydrogen) atoms. The first kappa shape index (κ1) is 11.2. The van der Waals surface area contributed by atoms with Crippen LogP contribution in [0, 0.1) is 0 Å². The van der Waals surface area contributed by atoms with Crippen LogP contribution in [0.2, 0.25) is 0 Å². The molecule has 3 aromatic rings. The van der Waals surface area contributed by atoms with Crippen molar-refractivity contribution in [1.29, 1.82) is 0 Å². The molecular formula is C12H10N4OS.